The summed E-state index contributed by atoms with van der Waals surface area (Å²) in [5.41, 5.74) is 0. The van der Waals surface area contributed by atoms with E-state index in [9.17, 15) is 8.42 Å². The van der Waals surface area contributed by atoms with Crippen LogP contribution in [0.4, 0.5) is 0 Å². The Labute approximate surface area is 119 Å². The topological polar surface area (TPSA) is 49.4 Å². The Hall–Kier alpha value is -0.130. The standard InChI is InChI=1S/C14H30N2O2S/c1-4-15-9-5-6-12-19(17,18)16-10-7-14(8-11-16)13(2)3/h13-15H,4-12H2,1-3H3. The Balaban J connectivity index is 2.30. The van der Waals surface area contributed by atoms with Gasteiger partial charge in [-0.3, -0.25) is 0 Å². The van der Waals surface area contributed by atoms with E-state index in [0.717, 1.165) is 51.9 Å². The molecule has 19 heavy (non-hydrogen) atoms. The summed E-state index contributed by atoms with van der Waals surface area (Å²) >= 11 is 0. The van der Waals surface area contributed by atoms with E-state index in [1.807, 2.05) is 0 Å². The normalized spacial score (nSPS) is 19.2. The van der Waals surface area contributed by atoms with Crippen LogP contribution in [0.25, 0.3) is 0 Å². The highest BCUT2D eigenvalue weighted by Crippen LogP contribution is 2.26. The molecule has 0 spiro atoms. The molecule has 1 heterocycles. The zero-order chi connectivity index (χ0) is 14.3. The van der Waals surface area contributed by atoms with Crippen LogP contribution in [0.1, 0.15) is 46.5 Å². The van der Waals surface area contributed by atoms with Gasteiger partial charge in [-0.1, -0.05) is 20.8 Å². The molecule has 0 aromatic rings. The van der Waals surface area contributed by atoms with E-state index in [-0.39, 0.29) is 0 Å². The number of nitrogens with zero attached hydrogens (tertiary/aromatic N) is 1. The number of hydrogen-bond acceptors (Lipinski definition) is 3. The maximum atomic E-state index is 12.2. The Morgan fingerprint density at radius 1 is 1.21 bits per heavy atom. The van der Waals surface area contributed by atoms with Crippen molar-refractivity contribution in [3.8, 4) is 0 Å². The van der Waals surface area contributed by atoms with Crippen LogP contribution >= 0.6 is 0 Å². The van der Waals surface area contributed by atoms with Gasteiger partial charge < -0.3 is 5.32 Å². The lowest BCUT2D eigenvalue weighted by atomic mass is 9.87. The fourth-order valence-electron chi connectivity index (χ4n) is 2.66. The molecule has 1 aliphatic rings. The maximum Gasteiger partial charge on any atom is 0.214 e. The van der Waals surface area contributed by atoms with Crippen LogP contribution in [0.5, 0.6) is 0 Å². The molecule has 0 aliphatic carbocycles. The van der Waals surface area contributed by atoms with Gasteiger partial charge in [0.25, 0.3) is 0 Å². The highest BCUT2D eigenvalue weighted by molar-refractivity contribution is 7.89. The summed E-state index contributed by atoms with van der Waals surface area (Å²) in [7, 11) is -3.01. The molecule has 1 saturated heterocycles. The van der Waals surface area contributed by atoms with Crippen LogP contribution in [0.3, 0.4) is 0 Å². The predicted octanol–water partition coefficient (Wildman–Crippen LogP) is 2.07. The van der Waals surface area contributed by atoms with Gasteiger partial charge in [0.15, 0.2) is 0 Å². The van der Waals surface area contributed by atoms with Gasteiger partial charge in [-0.05, 0) is 50.6 Å². The van der Waals surface area contributed by atoms with Crippen LogP contribution in [-0.2, 0) is 10.0 Å². The molecular weight excluding hydrogens is 260 g/mol. The first-order valence-electron chi connectivity index (χ1n) is 7.66. The Bertz CT molecular complexity index is 333. The zero-order valence-corrected chi connectivity index (χ0v) is 13.5. The van der Waals surface area contributed by atoms with Crippen LogP contribution in [-0.4, -0.2) is 44.7 Å². The second-order valence-electron chi connectivity index (χ2n) is 5.86. The average molecular weight is 290 g/mol. The minimum atomic E-state index is -3.01. The maximum absolute atomic E-state index is 12.2. The van der Waals surface area contributed by atoms with Gasteiger partial charge in [0.1, 0.15) is 0 Å². The first-order valence-corrected chi connectivity index (χ1v) is 9.26. The number of piperidine rings is 1. The zero-order valence-electron chi connectivity index (χ0n) is 12.7. The summed E-state index contributed by atoms with van der Waals surface area (Å²) in [6.45, 7) is 9.84. The third-order valence-electron chi connectivity index (χ3n) is 4.09. The molecule has 0 atom stereocenters. The third-order valence-corrected chi connectivity index (χ3v) is 6.05. The molecule has 5 heteroatoms. The molecule has 114 valence electrons. The monoisotopic (exact) mass is 290 g/mol. The van der Waals surface area contributed by atoms with Crippen LogP contribution in [0.15, 0.2) is 0 Å². The van der Waals surface area contributed by atoms with Crippen molar-refractivity contribution in [3.63, 3.8) is 0 Å². The molecule has 0 unspecified atom stereocenters. The first kappa shape index (κ1) is 16.9. The van der Waals surface area contributed by atoms with Crippen molar-refractivity contribution in [2.24, 2.45) is 11.8 Å². The smallest absolute Gasteiger partial charge is 0.214 e. The molecule has 1 N–H and O–H groups in total. The largest absolute Gasteiger partial charge is 0.317 e. The first-order chi connectivity index (χ1) is 8.97. The van der Waals surface area contributed by atoms with E-state index < -0.39 is 10.0 Å². The highest BCUT2D eigenvalue weighted by atomic mass is 32.2. The Morgan fingerprint density at radius 2 is 1.84 bits per heavy atom. The molecule has 0 saturated carbocycles. The summed E-state index contributed by atoms with van der Waals surface area (Å²) in [4.78, 5) is 0. The molecular formula is C14H30N2O2S. The minimum absolute atomic E-state index is 0.310. The van der Waals surface area contributed by atoms with Crippen molar-refractivity contribution in [1.29, 1.82) is 0 Å². The van der Waals surface area contributed by atoms with E-state index in [0.29, 0.717) is 17.6 Å². The number of rotatable bonds is 8. The number of hydrogen-bond donors (Lipinski definition) is 1. The lowest BCUT2D eigenvalue weighted by Crippen LogP contribution is -2.40. The summed E-state index contributed by atoms with van der Waals surface area (Å²) in [5, 5.41) is 3.22. The van der Waals surface area contributed by atoms with E-state index in [2.05, 4.69) is 26.1 Å². The number of unbranched alkanes of at least 4 members (excludes halogenated alkanes) is 1. The summed E-state index contributed by atoms with van der Waals surface area (Å²) in [6.07, 6.45) is 3.75. The number of sulfonamides is 1. The van der Waals surface area contributed by atoms with Crippen molar-refractivity contribution in [2.45, 2.75) is 46.5 Å². The van der Waals surface area contributed by atoms with E-state index in [1.54, 1.807) is 4.31 Å². The van der Waals surface area contributed by atoms with Gasteiger partial charge in [0.05, 0.1) is 5.75 Å². The molecule has 0 amide bonds. The van der Waals surface area contributed by atoms with Crippen molar-refractivity contribution < 1.29 is 8.42 Å². The quantitative estimate of drug-likeness (QED) is 0.696. The van der Waals surface area contributed by atoms with Crippen LogP contribution in [0.2, 0.25) is 0 Å². The fourth-order valence-corrected chi connectivity index (χ4v) is 4.26. The van der Waals surface area contributed by atoms with Gasteiger partial charge in [0, 0.05) is 13.1 Å². The summed E-state index contributed by atoms with van der Waals surface area (Å²) < 4.78 is 26.1. The summed E-state index contributed by atoms with van der Waals surface area (Å²) in [5.74, 6) is 1.68. The van der Waals surface area contributed by atoms with Gasteiger partial charge >= 0.3 is 0 Å². The molecule has 0 aromatic heterocycles. The highest BCUT2D eigenvalue weighted by Gasteiger charge is 2.28. The Morgan fingerprint density at radius 3 is 2.37 bits per heavy atom. The van der Waals surface area contributed by atoms with E-state index in [1.165, 1.54) is 0 Å². The average Bonchev–Trinajstić information content (AvgIpc) is 2.38. The second kappa shape index (κ2) is 8.22. The minimum Gasteiger partial charge on any atom is -0.317 e. The predicted molar refractivity (Wildman–Crippen MR) is 80.7 cm³/mol. The van der Waals surface area contributed by atoms with Crippen molar-refractivity contribution in [1.82, 2.24) is 9.62 Å². The van der Waals surface area contributed by atoms with Crippen LogP contribution < -0.4 is 5.32 Å². The molecule has 1 rings (SSSR count). The molecule has 0 radical (unpaired) electrons. The third kappa shape index (κ3) is 5.79. The van der Waals surface area contributed by atoms with Crippen molar-refractivity contribution in [3.05, 3.63) is 0 Å². The summed E-state index contributed by atoms with van der Waals surface area (Å²) in [6, 6.07) is 0. The second-order valence-corrected chi connectivity index (χ2v) is 7.95. The van der Waals surface area contributed by atoms with Crippen molar-refractivity contribution in [2.75, 3.05) is 31.9 Å². The molecule has 1 fully saturated rings. The molecule has 1 aliphatic heterocycles. The van der Waals surface area contributed by atoms with Gasteiger partial charge in [-0.2, -0.15) is 0 Å². The lowest BCUT2D eigenvalue weighted by molar-refractivity contribution is 0.226. The lowest BCUT2D eigenvalue weighted by Gasteiger charge is -2.33. The van der Waals surface area contributed by atoms with E-state index >= 15 is 0 Å². The Kier molecular flexibility index (Phi) is 7.32. The van der Waals surface area contributed by atoms with E-state index in [4.69, 9.17) is 0 Å². The molecule has 4 nitrogen and oxygen atoms in total. The van der Waals surface area contributed by atoms with Gasteiger partial charge in [-0.15, -0.1) is 0 Å². The number of nitrogens with one attached hydrogen (secondary N) is 1. The van der Waals surface area contributed by atoms with Crippen LogP contribution in [0, 0.1) is 11.8 Å². The SMILES string of the molecule is CCNCCCCS(=O)(=O)N1CCC(C(C)C)CC1. The van der Waals surface area contributed by atoms with Gasteiger partial charge in [-0.25, -0.2) is 12.7 Å². The van der Waals surface area contributed by atoms with Gasteiger partial charge in [0.2, 0.25) is 10.0 Å². The fraction of sp³-hybridized carbons (Fsp3) is 1.00. The van der Waals surface area contributed by atoms with Crippen molar-refractivity contribution >= 4 is 10.0 Å². The molecule has 0 aromatic carbocycles. The molecule has 0 bridgehead atoms.